The highest BCUT2D eigenvalue weighted by Gasteiger charge is 2.23. The van der Waals surface area contributed by atoms with Crippen LogP contribution in [0.15, 0.2) is 6.07 Å². The number of hydrogen-bond acceptors (Lipinski definition) is 3. The average Bonchev–Trinajstić information content (AvgIpc) is 2.50. The van der Waals surface area contributed by atoms with Crippen LogP contribution in [0.2, 0.25) is 0 Å². The van der Waals surface area contributed by atoms with Crippen molar-refractivity contribution in [3.8, 4) is 11.5 Å². The molecule has 1 N–H and O–H groups in total. The molecule has 1 aromatic carbocycles. The third-order valence-electron chi connectivity index (χ3n) is 2.31. The number of benzene rings is 1. The highest BCUT2D eigenvalue weighted by atomic mass is 16.7. The lowest BCUT2D eigenvalue weighted by Crippen LogP contribution is -2.03. The predicted octanol–water partition coefficient (Wildman–Crippen LogP) is 1.73. The fraction of sp³-hybridized carbons (Fsp3) is 0.300. The second-order valence-electron chi connectivity index (χ2n) is 3.23. The molecule has 74 valence electrons. The molecule has 0 saturated carbocycles. The van der Waals surface area contributed by atoms with Crippen LogP contribution < -0.4 is 9.47 Å². The summed E-state index contributed by atoms with van der Waals surface area (Å²) in [6, 6.07) is 1.69. The minimum atomic E-state index is -0.932. The Hall–Kier alpha value is -1.71. The molecule has 14 heavy (non-hydrogen) atoms. The average molecular weight is 194 g/mol. The molecule has 0 aromatic heterocycles. The van der Waals surface area contributed by atoms with Crippen LogP contribution in [0.5, 0.6) is 11.5 Å². The summed E-state index contributed by atoms with van der Waals surface area (Å²) in [6.07, 6.45) is 0. The van der Waals surface area contributed by atoms with E-state index in [1.54, 1.807) is 19.9 Å². The van der Waals surface area contributed by atoms with Gasteiger partial charge in [-0.3, -0.25) is 0 Å². The molecule has 2 rings (SSSR count). The number of aryl methyl sites for hydroxylation is 1. The molecule has 0 amide bonds. The van der Waals surface area contributed by atoms with E-state index in [2.05, 4.69) is 0 Å². The van der Waals surface area contributed by atoms with E-state index in [0.29, 0.717) is 28.2 Å². The highest BCUT2D eigenvalue weighted by Crippen LogP contribution is 2.38. The van der Waals surface area contributed by atoms with Crippen molar-refractivity contribution in [3.63, 3.8) is 0 Å². The Bertz CT molecular complexity index is 409. The molecule has 0 unspecified atom stereocenters. The summed E-state index contributed by atoms with van der Waals surface area (Å²) in [5.74, 6) is 0.247. The van der Waals surface area contributed by atoms with E-state index in [1.165, 1.54) is 0 Å². The summed E-state index contributed by atoms with van der Waals surface area (Å²) < 4.78 is 10.4. The van der Waals surface area contributed by atoms with E-state index >= 15 is 0 Å². The molecule has 4 nitrogen and oxygen atoms in total. The maximum absolute atomic E-state index is 10.9. The van der Waals surface area contributed by atoms with Gasteiger partial charge in [-0.05, 0) is 25.5 Å². The van der Waals surface area contributed by atoms with Gasteiger partial charge in [0.05, 0.1) is 5.56 Å². The first-order valence-corrected chi connectivity index (χ1v) is 4.24. The lowest BCUT2D eigenvalue weighted by molar-refractivity contribution is 0.0695. The molecule has 0 saturated heterocycles. The van der Waals surface area contributed by atoms with Gasteiger partial charge in [-0.1, -0.05) is 0 Å². The summed E-state index contributed by atoms with van der Waals surface area (Å²) >= 11 is 0. The van der Waals surface area contributed by atoms with Crippen LogP contribution in [-0.4, -0.2) is 17.9 Å². The topological polar surface area (TPSA) is 55.8 Å². The molecule has 0 radical (unpaired) electrons. The van der Waals surface area contributed by atoms with Crippen LogP contribution in [0.1, 0.15) is 21.5 Å². The van der Waals surface area contributed by atoms with Crippen LogP contribution >= 0.6 is 0 Å². The molecule has 0 spiro atoms. The largest absolute Gasteiger partial charge is 0.478 e. The van der Waals surface area contributed by atoms with Crippen LogP contribution in [0.4, 0.5) is 0 Å². The molecular formula is C10H10O4. The summed E-state index contributed by atoms with van der Waals surface area (Å²) in [5.41, 5.74) is 1.62. The lowest BCUT2D eigenvalue weighted by atomic mass is 10.0. The first-order valence-electron chi connectivity index (χ1n) is 4.24. The Morgan fingerprint density at radius 3 is 2.79 bits per heavy atom. The lowest BCUT2D eigenvalue weighted by Gasteiger charge is -2.07. The van der Waals surface area contributed by atoms with E-state index < -0.39 is 5.97 Å². The second-order valence-corrected chi connectivity index (χ2v) is 3.23. The van der Waals surface area contributed by atoms with Gasteiger partial charge in [0.25, 0.3) is 0 Å². The molecular weight excluding hydrogens is 184 g/mol. The minimum Gasteiger partial charge on any atom is -0.478 e. The van der Waals surface area contributed by atoms with Gasteiger partial charge in [0.2, 0.25) is 6.79 Å². The fourth-order valence-electron chi connectivity index (χ4n) is 1.70. The SMILES string of the molecule is Cc1cc2c(c(C)c1C(=O)O)OCO2. The Labute approximate surface area is 81.1 Å². The molecule has 1 aliphatic rings. The normalized spacial score (nSPS) is 13.0. The van der Waals surface area contributed by atoms with Gasteiger partial charge >= 0.3 is 5.97 Å². The van der Waals surface area contributed by atoms with Crippen LogP contribution in [0.3, 0.4) is 0 Å². The van der Waals surface area contributed by atoms with Crippen molar-refractivity contribution in [1.82, 2.24) is 0 Å². The summed E-state index contributed by atoms with van der Waals surface area (Å²) in [6.45, 7) is 3.64. The van der Waals surface area contributed by atoms with Gasteiger partial charge in [-0.15, -0.1) is 0 Å². The van der Waals surface area contributed by atoms with Crippen molar-refractivity contribution in [2.75, 3.05) is 6.79 Å². The van der Waals surface area contributed by atoms with Gasteiger partial charge in [0.15, 0.2) is 11.5 Å². The number of rotatable bonds is 1. The first-order chi connectivity index (χ1) is 6.61. The smallest absolute Gasteiger partial charge is 0.336 e. The van der Waals surface area contributed by atoms with Gasteiger partial charge < -0.3 is 14.6 Å². The predicted molar refractivity (Wildman–Crippen MR) is 49.0 cm³/mol. The van der Waals surface area contributed by atoms with Crippen molar-refractivity contribution in [2.24, 2.45) is 0 Å². The van der Waals surface area contributed by atoms with E-state index in [-0.39, 0.29) is 6.79 Å². The minimum absolute atomic E-state index is 0.165. The molecule has 0 fully saturated rings. The van der Waals surface area contributed by atoms with Gasteiger partial charge in [-0.25, -0.2) is 4.79 Å². The molecule has 0 atom stereocenters. The standard InChI is InChI=1S/C10H10O4/c1-5-3-7-9(14-4-13-7)6(2)8(5)10(11)12/h3H,4H2,1-2H3,(H,11,12). The number of aromatic carboxylic acids is 1. The molecule has 4 heteroatoms. The zero-order chi connectivity index (χ0) is 10.3. The number of fused-ring (bicyclic) bond motifs is 1. The van der Waals surface area contributed by atoms with Gasteiger partial charge in [-0.2, -0.15) is 0 Å². The van der Waals surface area contributed by atoms with Crippen molar-refractivity contribution in [1.29, 1.82) is 0 Å². The van der Waals surface area contributed by atoms with E-state index in [4.69, 9.17) is 14.6 Å². The molecule has 1 heterocycles. The summed E-state index contributed by atoms with van der Waals surface area (Å²) in [5, 5.41) is 8.98. The third-order valence-corrected chi connectivity index (χ3v) is 2.31. The second kappa shape index (κ2) is 2.90. The van der Waals surface area contributed by atoms with Gasteiger partial charge in [0, 0.05) is 5.56 Å². The quantitative estimate of drug-likeness (QED) is 0.739. The first kappa shape index (κ1) is 8.87. The monoisotopic (exact) mass is 194 g/mol. The third kappa shape index (κ3) is 1.11. The number of carbonyl (C=O) groups is 1. The Morgan fingerprint density at radius 2 is 2.14 bits per heavy atom. The zero-order valence-electron chi connectivity index (χ0n) is 7.96. The number of carboxylic acid groups (broad SMARTS) is 1. The van der Waals surface area contributed by atoms with Crippen molar-refractivity contribution >= 4 is 5.97 Å². The van der Waals surface area contributed by atoms with E-state index in [1.807, 2.05) is 0 Å². The Balaban J connectivity index is 2.68. The molecule has 1 aliphatic heterocycles. The van der Waals surface area contributed by atoms with E-state index in [0.717, 1.165) is 0 Å². The number of ether oxygens (including phenoxy) is 2. The molecule has 1 aromatic rings. The van der Waals surface area contributed by atoms with E-state index in [9.17, 15) is 4.79 Å². The Kier molecular flexibility index (Phi) is 1.84. The van der Waals surface area contributed by atoms with Crippen LogP contribution in [0.25, 0.3) is 0 Å². The number of carboxylic acids is 1. The fourth-order valence-corrected chi connectivity index (χ4v) is 1.70. The van der Waals surface area contributed by atoms with Crippen molar-refractivity contribution in [3.05, 3.63) is 22.8 Å². The molecule has 0 bridgehead atoms. The van der Waals surface area contributed by atoms with Crippen molar-refractivity contribution in [2.45, 2.75) is 13.8 Å². The molecule has 0 aliphatic carbocycles. The van der Waals surface area contributed by atoms with Crippen LogP contribution in [-0.2, 0) is 0 Å². The van der Waals surface area contributed by atoms with Crippen molar-refractivity contribution < 1.29 is 19.4 Å². The summed E-state index contributed by atoms with van der Waals surface area (Å²) in [4.78, 5) is 10.9. The maximum Gasteiger partial charge on any atom is 0.336 e. The summed E-state index contributed by atoms with van der Waals surface area (Å²) in [7, 11) is 0. The zero-order valence-corrected chi connectivity index (χ0v) is 7.96. The maximum atomic E-state index is 10.9. The highest BCUT2D eigenvalue weighted by molar-refractivity contribution is 5.92. The van der Waals surface area contributed by atoms with Crippen LogP contribution in [0, 0.1) is 13.8 Å². The Morgan fingerprint density at radius 1 is 1.43 bits per heavy atom. The number of hydrogen-bond donors (Lipinski definition) is 1. The van der Waals surface area contributed by atoms with Gasteiger partial charge in [0.1, 0.15) is 0 Å².